The molecule has 7 heteroatoms. The zero-order valence-corrected chi connectivity index (χ0v) is 14.2. The van der Waals surface area contributed by atoms with Crippen molar-refractivity contribution in [3.8, 4) is 0 Å². The van der Waals surface area contributed by atoms with Gasteiger partial charge >= 0.3 is 0 Å². The third-order valence-electron chi connectivity index (χ3n) is 3.92. The van der Waals surface area contributed by atoms with Crippen LogP contribution < -0.4 is 10.2 Å². The molecule has 2 rings (SSSR count). The van der Waals surface area contributed by atoms with Crippen molar-refractivity contribution in [2.75, 3.05) is 30.0 Å². The van der Waals surface area contributed by atoms with Crippen LogP contribution in [0.1, 0.15) is 18.9 Å². The van der Waals surface area contributed by atoms with Gasteiger partial charge in [0.15, 0.2) is 0 Å². The first-order valence-electron chi connectivity index (χ1n) is 7.65. The Morgan fingerprint density at radius 1 is 1.30 bits per heavy atom. The highest BCUT2D eigenvalue weighted by atomic mass is 32.2. The van der Waals surface area contributed by atoms with Crippen LogP contribution in [0.15, 0.2) is 24.3 Å². The first-order chi connectivity index (χ1) is 10.8. The number of hydrogen-bond acceptors (Lipinski definition) is 4. The van der Waals surface area contributed by atoms with Gasteiger partial charge in [0.1, 0.15) is 9.84 Å². The van der Waals surface area contributed by atoms with E-state index in [9.17, 15) is 18.0 Å². The average molecular weight is 338 g/mol. The minimum atomic E-state index is -3.11. The van der Waals surface area contributed by atoms with Gasteiger partial charge in [-0.15, -0.1) is 0 Å². The molecule has 0 aliphatic carbocycles. The standard InChI is InChI=1S/C16H22N2O4S/c1-3-12-4-6-14(7-5-12)18-11-13(10-15(18)19)16(20)17-8-9-23(2,21)22/h4-7,13H,3,8-11H2,1-2H3,(H,17,20). The second-order valence-corrected chi connectivity index (χ2v) is 8.11. The lowest BCUT2D eigenvalue weighted by Gasteiger charge is -2.17. The molecule has 0 radical (unpaired) electrons. The monoisotopic (exact) mass is 338 g/mol. The Labute approximate surface area is 136 Å². The summed E-state index contributed by atoms with van der Waals surface area (Å²) in [5.41, 5.74) is 1.98. The summed E-state index contributed by atoms with van der Waals surface area (Å²) in [6.45, 7) is 2.47. The van der Waals surface area contributed by atoms with Crippen LogP contribution in [0.3, 0.4) is 0 Å². The third-order valence-corrected chi connectivity index (χ3v) is 4.87. The highest BCUT2D eigenvalue weighted by Crippen LogP contribution is 2.25. The lowest BCUT2D eigenvalue weighted by Crippen LogP contribution is -2.35. The zero-order valence-electron chi connectivity index (χ0n) is 13.4. The van der Waals surface area contributed by atoms with Crippen molar-refractivity contribution in [3.05, 3.63) is 29.8 Å². The normalized spacial score (nSPS) is 18.3. The van der Waals surface area contributed by atoms with Crippen molar-refractivity contribution in [1.82, 2.24) is 5.32 Å². The van der Waals surface area contributed by atoms with E-state index in [0.29, 0.717) is 6.54 Å². The number of sulfone groups is 1. The summed E-state index contributed by atoms with van der Waals surface area (Å²) in [6, 6.07) is 7.73. The van der Waals surface area contributed by atoms with Crippen molar-refractivity contribution in [3.63, 3.8) is 0 Å². The minimum absolute atomic E-state index is 0.0769. The molecule has 2 amide bonds. The summed E-state index contributed by atoms with van der Waals surface area (Å²) in [5, 5.41) is 2.59. The maximum absolute atomic E-state index is 12.1. The Kier molecular flexibility index (Phi) is 5.41. The summed E-state index contributed by atoms with van der Waals surface area (Å²) < 4.78 is 22.1. The molecule has 1 unspecified atom stereocenters. The molecule has 0 saturated carbocycles. The predicted octanol–water partition coefficient (Wildman–Crippen LogP) is 0.763. The Morgan fingerprint density at radius 2 is 1.96 bits per heavy atom. The number of rotatable bonds is 6. The average Bonchev–Trinajstić information content (AvgIpc) is 2.88. The molecule has 1 aliphatic rings. The van der Waals surface area contributed by atoms with E-state index in [-0.39, 0.29) is 30.5 Å². The van der Waals surface area contributed by atoms with Crippen LogP contribution in [0, 0.1) is 5.92 Å². The molecule has 1 fully saturated rings. The summed E-state index contributed by atoms with van der Waals surface area (Å²) in [6.07, 6.45) is 2.21. The van der Waals surface area contributed by atoms with E-state index >= 15 is 0 Å². The van der Waals surface area contributed by atoms with Crippen LogP contribution in [0.4, 0.5) is 5.69 Å². The topological polar surface area (TPSA) is 83.6 Å². The van der Waals surface area contributed by atoms with E-state index in [1.807, 2.05) is 24.3 Å². The molecule has 1 heterocycles. The van der Waals surface area contributed by atoms with E-state index in [2.05, 4.69) is 12.2 Å². The first-order valence-corrected chi connectivity index (χ1v) is 9.71. The van der Waals surface area contributed by atoms with Crippen LogP contribution in [0.25, 0.3) is 0 Å². The van der Waals surface area contributed by atoms with Crippen molar-refractivity contribution in [1.29, 1.82) is 0 Å². The number of carbonyl (C=O) groups is 2. The maximum atomic E-state index is 12.1. The Morgan fingerprint density at radius 3 is 2.52 bits per heavy atom. The number of aryl methyl sites for hydroxylation is 1. The number of hydrogen-bond donors (Lipinski definition) is 1. The Bertz CT molecular complexity index is 683. The molecule has 1 aromatic rings. The van der Waals surface area contributed by atoms with Gasteiger partial charge in [0.05, 0.1) is 11.7 Å². The molecule has 6 nitrogen and oxygen atoms in total. The lowest BCUT2D eigenvalue weighted by molar-refractivity contribution is -0.126. The van der Waals surface area contributed by atoms with Crippen LogP contribution >= 0.6 is 0 Å². The fraction of sp³-hybridized carbons (Fsp3) is 0.500. The number of benzene rings is 1. The molecular weight excluding hydrogens is 316 g/mol. The SMILES string of the molecule is CCc1ccc(N2CC(C(=O)NCCS(C)(=O)=O)CC2=O)cc1. The number of nitrogens with one attached hydrogen (secondary N) is 1. The van der Waals surface area contributed by atoms with E-state index in [0.717, 1.165) is 18.4 Å². The molecule has 1 aliphatic heterocycles. The number of nitrogens with zero attached hydrogens (tertiary/aromatic N) is 1. The summed E-state index contributed by atoms with van der Waals surface area (Å²) >= 11 is 0. The molecule has 23 heavy (non-hydrogen) atoms. The summed E-state index contributed by atoms with van der Waals surface area (Å²) in [5.74, 6) is -0.887. The minimum Gasteiger partial charge on any atom is -0.355 e. The van der Waals surface area contributed by atoms with E-state index in [1.54, 1.807) is 4.90 Å². The molecule has 0 bridgehead atoms. The second-order valence-electron chi connectivity index (χ2n) is 5.85. The number of anilines is 1. The van der Waals surface area contributed by atoms with Gasteiger partial charge in [0, 0.05) is 31.5 Å². The lowest BCUT2D eigenvalue weighted by atomic mass is 10.1. The highest BCUT2D eigenvalue weighted by Gasteiger charge is 2.34. The van der Waals surface area contributed by atoms with Crippen LogP contribution in [-0.2, 0) is 25.8 Å². The molecule has 1 aromatic carbocycles. The first kappa shape index (κ1) is 17.5. The fourth-order valence-corrected chi connectivity index (χ4v) is 3.02. The van der Waals surface area contributed by atoms with Gasteiger partial charge in [-0.25, -0.2) is 8.42 Å². The number of amides is 2. The fourth-order valence-electron chi connectivity index (χ4n) is 2.55. The van der Waals surface area contributed by atoms with Gasteiger partial charge in [-0.1, -0.05) is 19.1 Å². The van der Waals surface area contributed by atoms with Gasteiger partial charge in [0.2, 0.25) is 11.8 Å². The van der Waals surface area contributed by atoms with Crippen LogP contribution in [0.2, 0.25) is 0 Å². The van der Waals surface area contributed by atoms with Gasteiger partial charge in [-0.05, 0) is 24.1 Å². The second kappa shape index (κ2) is 7.12. The summed E-state index contributed by atoms with van der Waals surface area (Å²) in [7, 11) is -3.11. The van der Waals surface area contributed by atoms with Gasteiger partial charge < -0.3 is 10.2 Å². The number of carbonyl (C=O) groups excluding carboxylic acids is 2. The van der Waals surface area contributed by atoms with Crippen LogP contribution in [0.5, 0.6) is 0 Å². The predicted molar refractivity (Wildman–Crippen MR) is 89.0 cm³/mol. The van der Waals surface area contributed by atoms with Crippen molar-refractivity contribution in [2.45, 2.75) is 19.8 Å². The third kappa shape index (κ3) is 4.79. The maximum Gasteiger partial charge on any atom is 0.227 e. The molecule has 0 spiro atoms. The van der Waals surface area contributed by atoms with Crippen LogP contribution in [-0.4, -0.2) is 45.3 Å². The van der Waals surface area contributed by atoms with Gasteiger partial charge in [-0.3, -0.25) is 9.59 Å². The van der Waals surface area contributed by atoms with Gasteiger partial charge in [-0.2, -0.15) is 0 Å². The zero-order chi connectivity index (χ0) is 17.0. The van der Waals surface area contributed by atoms with Crippen molar-refractivity contribution >= 4 is 27.3 Å². The molecule has 1 atom stereocenters. The Balaban J connectivity index is 1.94. The summed E-state index contributed by atoms with van der Waals surface area (Å²) in [4.78, 5) is 25.8. The molecule has 0 aromatic heterocycles. The van der Waals surface area contributed by atoms with E-state index in [1.165, 1.54) is 5.56 Å². The van der Waals surface area contributed by atoms with E-state index < -0.39 is 15.8 Å². The van der Waals surface area contributed by atoms with Crippen molar-refractivity contribution < 1.29 is 18.0 Å². The largest absolute Gasteiger partial charge is 0.355 e. The smallest absolute Gasteiger partial charge is 0.227 e. The Hall–Kier alpha value is -1.89. The van der Waals surface area contributed by atoms with Crippen molar-refractivity contribution in [2.24, 2.45) is 5.92 Å². The molecule has 1 saturated heterocycles. The molecular formula is C16H22N2O4S. The molecule has 1 N–H and O–H groups in total. The van der Waals surface area contributed by atoms with E-state index in [4.69, 9.17) is 0 Å². The quantitative estimate of drug-likeness (QED) is 0.830. The van der Waals surface area contributed by atoms with Gasteiger partial charge in [0.25, 0.3) is 0 Å². The highest BCUT2D eigenvalue weighted by molar-refractivity contribution is 7.90. The molecule has 126 valence electrons.